The van der Waals surface area contributed by atoms with E-state index >= 15 is 0 Å². The highest BCUT2D eigenvalue weighted by molar-refractivity contribution is 7.89. The van der Waals surface area contributed by atoms with E-state index in [9.17, 15) is 8.42 Å². The van der Waals surface area contributed by atoms with Crippen molar-refractivity contribution < 1.29 is 12.9 Å². The average molecular weight is 285 g/mol. The van der Waals surface area contributed by atoms with Crippen molar-refractivity contribution in [2.24, 2.45) is 0 Å². The summed E-state index contributed by atoms with van der Waals surface area (Å²) >= 11 is 0. The number of nitrogens with one attached hydrogen (secondary N) is 1. The van der Waals surface area contributed by atoms with Crippen molar-refractivity contribution in [3.63, 3.8) is 0 Å². The van der Waals surface area contributed by atoms with Crippen LogP contribution in [-0.2, 0) is 10.0 Å². The Morgan fingerprint density at radius 2 is 1.53 bits per heavy atom. The summed E-state index contributed by atoms with van der Waals surface area (Å²) in [6, 6.07) is 8.51. The molecule has 0 amide bonds. The fourth-order valence-corrected chi connectivity index (χ4v) is 3.29. The second kappa shape index (κ2) is 7.03. The molecule has 1 N–H and O–H groups in total. The van der Waals surface area contributed by atoms with Gasteiger partial charge in [0.1, 0.15) is 0 Å². The molecule has 1 rings (SSSR count). The van der Waals surface area contributed by atoms with Gasteiger partial charge in [-0.15, -0.1) is 0 Å². The highest BCUT2D eigenvalue weighted by Crippen LogP contribution is 2.08. The maximum Gasteiger partial charge on any atom is 0.240 e. The molecule has 19 heavy (non-hydrogen) atoms. The van der Waals surface area contributed by atoms with E-state index in [2.05, 4.69) is 25.5 Å². The Morgan fingerprint density at radius 3 is 2.00 bits per heavy atom. The van der Waals surface area contributed by atoms with Crippen LogP contribution >= 0.6 is 0 Å². The molecule has 0 fully saturated rings. The zero-order valence-electron chi connectivity index (χ0n) is 12.1. The van der Waals surface area contributed by atoms with Crippen molar-refractivity contribution in [3.8, 4) is 0 Å². The molecular weight excluding hydrogens is 260 g/mol. The van der Waals surface area contributed by atoms with Crippen molar-refractivity contribution >= 4 is 10.0 Å². The first-order valence-corrected chi connectivity index (χ1v) is 8.38. The Kier molecular flexibility index (Phi) is 5.97. The number of benzene rings is 1. The molecule has 0 saturated carbocycles. The van der Waals surface area contributed by atoms with Crippen LogP contribution in [0.15, 0.2) is 35.2 Å². The van der Waals surface area contributed by atoms with Crippen molar-refractivity contribution in [2.45, 2.75) is 25.7 Å². The fraction of sp³-hybridized carbons (Fsp3) is 0.571. The van der Waals surface area contributed by atoms with Gasteiger partial charge >= 0.3 is 0 Å². The maximum absolute atomic E-state index is 12.1. The first kappa shape index (κ1) is 16.1. The van der Waals surface area contributed by atoms with Crippen LogP contribution in [0, 0.1) is 0 Å². The van der Waals surface area contributed by atoms with Gasteiger partial charge in [0.25, 0.3) is 0 Å². The Balaban J connectivity index is 2.62. The number of hydrogen-bond donors (Lipinski definition) is 1. The zero-order valence-corrected chi connectivity index (χ0v) is 12.9. The minimum absolute atomic E-state index is 0.331. The number of hydrogen-bond acceptors (Lipinski definition) is 2. The van der Waals surface area contributed by atoms with Gasteiger partial charge in [-0.1, -0.05) is 18.2 Å². The molecule has 0 bridgehead atoms. The molecular formula is C14H25N2O2S+. The second-order valence-corrected chi connectivity index (χ2v) is 6.49. The predicted octanol–water partition coefficient (Wildman–Crippen LogP) is 1.84. The summed E-state index contributed by atoms with van der Waals surface area (Å²) in [5.41, 5.74) is 0. The normalized spacial score (nSPS) is 12.6. The van der Waals surface area contributed by atoms with Crippen LogP contribution in [0.3, 0.4) is 0 Å². The van der Waals surface area contributed by atoms with Crippen LogP contribution < -0.4 is 4.72 Å². The quantitative estimate of drug-likeness (QED) is 0.741. The van der Waals surface area contributed by atoms with Gasteiger partial charge in [0.05, 0.1) is 37.6 Å². The van der Waals surface area contributed by atoms with E-state index in [1.165, 1.54) is 0 Å². The topological polar surface area (TPSA) is 46.2 Å². The molecule has 0 aliphatic heterocycles. The standard InChI is InChI=1S/C14H25N2O2S/c1-4-16(5-2,6-3)13-12-15-19(17,18)14-10-8-7-9-11-14/h7-11,15H,4-6,12-13H2,1-3H3/q+1. The summed E-state index contributed by atoms with van der Waals surface area (Å²) < 4.78 is 27.8. The smallest absolute Gasteiger partial charge is 0.240 e. The zero-order chi connectivity index (χ0) is 14.4. The third-order valence-electron chi connectivity index (χ3n) is 3.94. The summed E-state index contributed by atoms with van der Waals surface area (Å²) in [5.74, 6) is 0. The van der Waals surface area contributed by atoms with Gasteiger partial charge in [0.15, 0.2) is 0 Å². The molecule has 0 saturated heterocycles. The van der Waals surface area contributed by atoms with Crippen LogP contribution in [0.5, 0.6) is 0 Å². The lowest BCUT2D eigenvalue weighted by atomic mass is 10.3. The van der Waals surface area contributed by atoms with Crippen LogP contribution in [0.25, 0.3) is 0 Å². The lowest BCUT2D eigenvalue weighted by Crippen LogP contribution is -2.51. The van der Waals surface area contributed by atoms with Crippen LogP contribution in [0.1, 0.15) is 20.8 Å². The van der Waals surface area contributed by atoms with E-state index < -0.39 is 10.0 Å². The molecule has 0 aromatic heterocycles. The Morgan fingerprint density at radius 1 is 1.00 bits per heavy atom. The summed E-state index contributed by atoms with van der Waals surface area (Å²) in [4.78, 5) is 0.331. The third kappa shape index (κ3) is 4.30. The maximum atomic E-state index is 12.1. The van der Waals surface area contributed by atoms with Crippen molar-refractivity contribution in [1.82, 2.24) is 4.72 Å². The average Bonchev–Trinajstić information content (AvgIpc) is 2.45. The lowest BCUT2D eigenvalue weighted by molar-refractivity contribution is -0.922. The molecule has 108 valence electrons. The SMILES string of the molecule is CC[N+](CC)(CC)CCNS(=O)(=O)c1ccccc1. The molecule has 0 aliphatic carbocycles. The van der Waals surface area contributed by atoms with Gasteiger partial charge in [0.2, 0.25) is 10.0 Å². The largest absolute Gasteiger partial charge is 0.323 e. The van der Waals surface area contributed by atoms with Crippen molar-refractivity contribution in [3.05, 3.63) is 30.3 Å². The van der Waals surface area contributed by atoms with Gasteiger partial charge in [-0.3, -0.25) is 0 Å². The molecule has 0 radical (unpaired) electrons. The molecule has 0 atom stereocenters. The molecule has 5 heteroatoms. The van der Waals surface area contributed by atoms with Gasteiger partial charge in [-0.25, -0.2) is 13.1 Å². The minimum Gasteiger partial charge on any atom is -0.323 e. The minimum atomic E-state index is -3.37. The highest BCUT2D eigenvalue weighted by atomic mass is 32.2. The van der Waals surface area contributed by atoms with E-state index in [-0.39, 0.29) is 0 Å². The van der Waals surface area contributed by atoms with Crippen molar-refractivity contribution in [1.29, 1.82) is 0 Å². The van der Waals surface area contributed by atoms with E-state index in [4.69, 9.17) is 0 Å². The molecule has 0 aliphatic rings. The number of likely N-dealkylation sites (N-methyl/N-ethyl adjacent to an activating group) is 1. The molecule has 1 aromatic rings. The third-order valence-corrected chi connectivity index (χ3v) is 5.42. The molecule has 4 nitrogen and oxygen atoms in total. The predicted molar refractivity (Wildman–Crippen MR) is 78.4 cm³/mol. The van der Waals surface area contributed by atoms with E-state index in [0.29, 0.717) is 11.4 Å². The van der Waals surface area contributed by atoms with Crippen LogP contribution in [0.2, 0.25) is 0 Å². The van der Waals surface area contributed by atoms with E-state index in [1.54, 1.807) is 24.3 Å². The fourth-order valence-electron chi connectivity index (χ4n) is 2.25. The number of sulfonamides is 1. The number of quaternary nitrogens is 1. The van der Waals surface area contributed by atoms with Gasteiger partial charge in [-0.05, 0) is 32.9 Å². The van der Waals surface area contributed by atoms with E-state index in [1.807, 2.05) is 6.07 Å². The monoisotopic (exact) mass is 285 g/mol. The van der Waals surface area contributed by atoms with Gasteiger partial charge in [-0.2, -0.15) is 0 Å². The van der Waals surface area contributed by atoms with Crippen molar-refractivity contribution in [2.75, 3.05) is 32.7 Å². The first-order valence-electron chi connectivity index (χ1n) is 6.89. The van der Waals surface area contributed by atoms with E-state index in [0.717, 1.165) is 30.7 Å². The number of rotatable bonds is 8. The molecule has 0 heterocycles. The summed E-state index contributed by atoms with van der Waals surface area (Å²) in [7, 11) is -3.37. The molecule has 0 unspecified atom stereocenters. The Hall–Kier alpha value is -0.910. The Bertz CT molecular complexity index is 459. The molecule has 0 spiro atoms. The van der Waals surface area contributed by atoms with Gasteiger partial charge in [0, 0.05) is 0 Å². The van der Waals surface area contributed by atoms with Gasteiger partial charge < -0.3 is 4.48 Å². The summed E-state index contributed by atoms with van der Waals surface area (Å²) in [6.45, 7) is 10.8. The van der Waals surface area contributed by atoms with Crippen LogP contribution in [0.4, 0.5) is 0 Å². The summed E-state index contributed by atoms with van der Waals surface area (Å²) in [6.07, 6.45) is 0. The lowest BCUT2D eigenvalue weighted by Gasteiger charge is -2.35. The molecule has 1 aromatic carbocycles. The Labute approximate surface area is 117 Å². The first-order chi connectivity index (χ1) is 8.99. The number of nitrogens with zero attached hydrogens (tertiary/aromatic N) is 1. The summed E-state index contributed by atoms with van der Waals surface area (Å²) in [5, 5.41) is 0. The second-order valence-electron chi connectivity index (χ2n) is 4.72. The van der Waals surface area contributed by atoms with Crippen LogP contribution in [-0.4, -0.2) is 45.6 Å². The highest BCUT2D eigenvalue weighted by Gasteiger charge is 2.21.